The first-order valence-corrected chi connectivity index (χ1v) is 5.78. The summed E-state index contributed by atoms with van der Waals surface area (Å²) in [5.41, 5.74) is 7.13. The molecule has 1 aromatic carbocycles. The first-order valence-electron chi connectivity index (χ1n) is 5.40. The maximum Gasteiger partial charge on any atom is 0.229 e. The van der Waals surface area contributed by atoms with Crippen LogP contribution in [0.5, 0.6) is 0 Å². The van der Waals surface area contributed by atoms with Crippen molar-refractivity contribution in [3.05, 3.63) is 53.2 Å². The number of rotatable bonds is 3. The molecule has 0 aliphatic heterocycles. The van der Waals surface area contributed by atoms with Gasteiger partial charge in [-0.25, -0.2) is 4.98 Å². The maximum atomic E-state index is 11.8. The molecule has 2 rings (SSSR count). The van der Waals surface area contributed by atoms with Crippen LogP contribution in [-0.4, -0.2) is 10.9 Å². The van der Waals surface area contributed by atoms with Crippen molar-refractivity contribution in [1.29, 1.82) is 0 Å². The molecule has 1 amide bonds. The van der Waals surface area contributed by atoms with Crippen molar-refractivity contribution in [3.63, 3.8) is 0 Å². The lowest BCUT2D eigenvalue weighted by Crippen LogP contribution is -2.15. The molecule has 0 aliphatic rings. The number of halogens is 1. The number of hydrogen-bond acceptors (Lipinski definition) is 3. The van der Waals surface area contributed by atoms with Crippen molar-refractivity contribution in [2.45, 2.75) is 6.42 Å². The molecule has 0 fully saturated rings. The highest BCUT2D eigenvalue weighted by molar-refractivity contribution is 6.33. The molecule has 0 unspecified atom stereocenters. The van der Waals surface area contributed by atoms with E-state index in [9.17, 15) is 4.79 Å². The van der Waals surface area contributed by atoms with Gasteiger partial charge in [0.05, 0.1) is 11.4 Å². The average molecular weight is 262 g/mol. The fourth-order valence-corrected chi connectivity index (χ4v) is 1.64. The van der Waals surface area contributed by atoms with E-state index < -0.39 is 0 Å². The van der Waals surface area contributed by atoms with Crippen LogP contribution >= 0.6 is 11.6 Å². The SMILES string of the molecule is Nc1ccc(CC(=O)Nc2ncccc2Cl)cc1. The second-order valence-electron chi connectivity index (χ2n) is 3.80. The van der Waals surface area contributed by atoms with Crippen molar-refractivity contribution in [2.75, 3.05) is 11.1 Å². The van der Waals surface area contributed by atoms with Gasteiger partial charge in [-0.05, 0) is 29.8 Å². The Morgan fingerprint density at radius 1 is 1.28 bits per heavy atom. The van der Waals surface area contributed by atoms with Gasteiger partial charge in [-0.15, -0.1) is 0 Å². The fraction of sp³-hybridized carbons (Fsp3) is 0.0769. The van der Waals surface area contributed by atoms with Gasteiger partial charge in [0.25, 0.3) is 0 Å². The van der Waals surface area contributed by atoms with E-state index in [0.717, 1.165) is 5.56 Å². The number of hydrogen-bond donors (Lipinski definition) is 2. The molecule has 0 aliphatic carbocycles. The number of amides is 1. The largest absolute Gasteiger partial charge is 0.399 e. The third kappa shape index (κ3) is 3.21. The first-order chi connectivity index (χ1) is 8.65. The quantitative estimate of drug-likeness (QED) is 0.834. The summed E-state index contributed by atoms with van der Waals surface area (Å²) in [6.45, 7) is 0. The zero-order valence-corrected chi connectivity index (χ0v) is 10.3. The Balaban J connectivity index is 2.01. The summed E-state index contributed by atoms with van der Waals surface area (Å²) in [6.07, 6.45) is 1.83. The highest BCUT2D eigenvalue weighted by Gasteiger charge is 2.07. The lowest BCUT2D eigenvalue weighted by Gasteiger charge is -2.06. The van der Waals surface area contributed by atoms with Gasteiger partial charge in [-0.3, -0.25) is 4.79 Å². The van der Waals surface area contributed by atoms with E-state index in [-0.39, 0.29) is 12.3 Å². The molecule has 5 heteroatoms. The van der Waals surface area contributed by atoms with Gasteiger partial charge in [0.1, 0.15) is 0 Å². The third-order valence-corrected chi connectivity index (χ3v) is 2.67. The molecule has 92 valence electrons. The van der Waals surface area contributed by atoms with Gasteiger partial charge >= 0.3 is 0 Å². The van der Waals surface area contributed by atoms with Crippen molar-refractivity contribution >= 4 is 29.0 Å². The molecular formula is C13H12ClN3O. The summed E-state index contributed by atoms with van der Waals surface area (Å²) < 4.78 is 0. The first kappa shape index (κ1) is 12.4. The average Bonchev–Trinajstić information content (AvgIpc) is 2.35. The summed E-state index contributed by atoms with van der Waals surface area (Å²) in [5, 5.41) is 3.08. The maximum absolute atomic E-state index is 11.8. The van der Waals surface area contributed by atoms with Crippen LogP contribution in [0.2, 0.25) is 5.02 Å². The van der Waals surface area contributed by atoms with Crippen LogP contribution in [0.3, 0.4) is 0 Å². The van der Waals surface area contributed by atoms with E-state index in [2.05, 4.69) is 10.3 Å². The predicted molar refractivity (Wildman–Crippen MR) is 72.4 cm³/mol. The van der Waals surface area contributed by atoms with Gasteiger partial charge in [0.15, 0.2) is 5.82 Å². The molecule has 4 nitrogen and oxygen atoms in total. The van der Waals surface area contributed by atoms with Crippen LogP contribution in [0, 0.1) is 0 Å². The number of nitrogens with zero attached hydrogens (tertiary/aromatic N) is 1. The second-order valence-corrected chi connectivity index (χ2v) is 4.21. The fourth-order valence-electron chi connectivity index (χ4n) is 1.47. The van der Waals surface area contributed by atoms with E-state index in [4.69, 9.17) is 17.3 Å². The van der Waals surface area contributed by atoms with Gasteiger partial charge in [0.2, 0.25) is 5.91 Å². The Morgan fingerprint density at radius 3 is 2.67 bits per heavy atom. The number of carbonyl (C=O) groups is 1. The highest BCUT2D eigenvalue weighted by Crippen LogP contribution is 2.17. The van der Waals surface area contributed by atoms with Crippen molar-refractivity contribution in [1.82, 2.24) is 4.98 Å². The molecule has 1 aromatic heterocycles. The highest BCUT2D eigenvalue weighted by atomic mass is 35.5. The zero-order valence-electron chi connectivity index (χ0n) is 9.56. The number of nitrogens with two attached hydrogens (primary N) is 1. The normalized spacial score (nSPS) is 10.1. The Hall–Kier alpha value is -2.07. The van der Waals surface area contributed by atoms with Crippen LogP contribution in [0.4, 0.5) is 11.5 Å². The molecule has 0 saturated heterocycles. The van der Waals surface area contributed by atoms with Crippen molar-refractivity contribution in [2.24, 2.45) is 0 Å². The van der Waals surface area contributed by atoms with E-state index in [0.29, 0.717) is 16.5 Å². The number of anilines is 2. The molecule has 18 heavy (non-hydrogen) atoms. The van der Waals surface area contributed by atoms with E-state index in [1.165, 1.54) is 0 Å². The van der Waals surface area contributed by atoms with Gasteiger partial charge < -0.3 is 11.1 Å². The van der Waals surface area contributed by atoms with Gasteiger partial charge in [-0.2, -0.15) is 0 Å². The number of nitrogen functional groups attached to an aromatic ring is 1. The molecule has 0 spiro atoms. The van der Waals surface area contributed by atoms with Gasteiger partial charge in [0, 0.05) is 11.9 Å². The summed E-state index contributed by atoms with van der Waals surface area (Å²) in [4.78, 5) is 15.8. The van der Waals surface area contributed by atoms with E-state index in [1.54, 1.807) is 30.5 Å². The standard InChI is InChI=1S/C13H12ClN3O/c14-11-2-1-7-16-13(11)17-12(18)8-9-3-5-10(15)6-4-9/h1-7H,8,15H2,(H,16,17,18). The molecular weight excluding hydrogens is 250 g/mol. The lowest BCUT2D eigenvalue weighted by molar-refractivity contribution is -0.115. The van der Waals surface area contributed by atoms with Crippen LogP contribution in [0.1, 0.15) is 5.56 Å². The van der Waals surface area contributed by atoms with Crippen molar-refractivity contribution < 1.29 is 4.79 Å². The van der Waals surface area contributed by atoms with Gasteiger partial charge in [-0.1, -0.05) is 23.7 Å². The number of aromatic nitrogens is 1. The molecule has 0 radical (unpaired) electrons. The molecule has 0 atom stereocenters. The second kappa shape index (κ2) is 5.51. The molecule has 2 aromatic rings. The summed E-state index contributed by atoms with van der Waals surface area (Å²) in [7, 11) is 0. The summed E-state index contributed by atoms with van der Waals surface area (Å²) >= 11 is 5.90. The Morgan fingerprint density at radius 2 is 2.00 bits per heavy atom. The van der Waals surface area contributed by atoms with Crippen LogP contribution < -0.4 is 11.1 Å². The topological polar surface area (TPSA) is 68.0 Å². The number of carbonyl (C=O) groups excluding carboxylic acids is 1. The molecule has 0 saturated carbocycles. The van der Waals surface area contributed by atoms with E-state index >= 15 is 0 Å². The molecule has 3 N–H and O–H groups in total. The Kier molecular flexibility index (Phi) is 3.79. The number of pyridine rings is 1. The Bertz CT molecular complexity index is 554. The smallest absolute Gasteiger partial charge is 0.229 e. The lowest BCUT2D eigenvalue weighted by atomic mass is 10.1. The minimum Gasteiger partial charge on any atom is -0.399 e. The molecule has 0 bridgehead atoms. The predicted octanol–water partition coefficient (Wildman–Crippen LogP) is 2.50. The molecule has 1 heterocycles. The van der Waals surface area contributed by atoms with Crippen LogP contribution in [-0.2, 0) is 11.2 Å². The minimum atomic E-state index is -0.166. The summed E-state index contributed by atoms with van der Waals surface area (Å²) in [6, 6.07) is 10.5. The number of benzene rings is 1. The summed E-state index contributed by atoms with van der Waals surface area (Å²) in [5.74, 6) is 0.208. The van der Waals surface area contributed by atoms with Crippen molar-refractivity contribution in [3.8, 4) is 0 Å². The third-order valence-electron chi connectivity index (χ3n) is 2.36. The Labute approximate surface area is 110 Å². The van der Waals surface area contributed by atoms with Crippen LogP contribution in [0.15, 0.2) is 42.6 Å². The zero-order chi connectivity index (χ0) is 13.0. The number of nitrogens with one attached hydrogen (secondary N) is 1. The van der Waals surface area contributed by atoms with Crippen LogP contribution in [0.25, 0.3) is 0 Å². The van der Waals surface area contributed by atoms with E-state index in [1.807, 2.05) is 12.1 Å². The monoisotopic (exact) mass is 261 g/mol. The minimum absolute atomic E-state index is 0.166.